The minimum absolute atomic E-state index is 0.233. The molecule has 1 fully saturated rings. The van der Waals surface area contributed by atoms with Crippen LogP contribution in [0.4, 0.5) is 16.0 Å². The fourth-order valence-corrected chi connectivity index (χ4v) is 4.04. The van der Waals surface area contributed by atoms with Crippen molar-refractivity contribution in [3.63, 3.8) is 0 Å². The minimum Gasteiger partial charge on any atom is -0.369 e. The Kier molecular flexibility index (Phi) is 7.80. The molecule has 1 aromatic carbocycles. The zero-order chi connectivity index (χ0) is 23.8. The van der Waals surface area contributed by atoms with Gasteiger partial charge in [-0.2, -0.15) is 0 Å². The van der Waals surface area contributed by atoms with Gasteiger partial charge in [-0.3, -0.25) is 14.8 Å². The number of rotatable bonds is 9. The number of carbonyl (C=O) groups excluding carboxylic acids is 1. The third-order valence-electron chi connectivity index (χ3n) is 5.72. The summed E-state index contributed by atoms with van der Waals surface area (Å²) in [6, 6.07) is 12.1. The molecule has 1 aliphatic rings. The van der Waals surface area contributed by atoms with E-state index in [2.05, 4.69) is 25.5 Å². The van der Waals surface area contributed by atoms with Crippen LogP contribution >= 0.6 is 0 Å². The molecule has 4 rings (SSSR count). The summed E-state index contributed by atoms with van der Waals surface area (Å²) in [4.78, 5) is 28.6. The molecular formula is C26H29FN6O. The number of hydrogen-bond acceptors (Lipinski definition) is 6. The number of pyridine rings is 2. The number of carbonyl (C=O) groups is 1. The topological polar surface area (TPSA) is 82.5 Å². The fraction of sp³-hybridized carbons (Fsp3) is 0.308. The maximum atomic E-state index is 13.5. The zero-order valence-electron chi connectivity index (χ0n) is 19.3. The van der Waals surface area contributed by atoms with E-state index in [0.717, 1.165) is 48.4 Å². The normalized spacial score (nSPS) is 13.4. The Morgan fingerprint density at radius 1 is 1.18 bits per heavy atom. The van der Waals surface area contributed by atoms with Crippen LogP contribution < -0.4 is 15.5 Å². The average molecular weight is 461 g/mol. The number of halogens is 1. The Labute approximate surface area is 199 Å². The van der Waals surface area contributed by atoms with Gasteiger partial charge >= 0.3 is 0 Å². The molecule has 0 spiro atoms. The van der Waals surface area contributed by atoms with Crippen LogP contribution in [0, 0.1) is 5.82 Å². The number of nitrogens with one attached hydrogen (secondary N) is 2. The fourth-order valence-electron chi connectivity index (χ4n) is 4.04. The van der Waals surface area contributed by atoms with Crippen molar-refractivity contribution in [1.29, 1.82) is 0 Å². The molecule has 7 nitrogen and oxygen atoms in total. The Morgan fingerprint density at radius 2 is 2.00 bits per heavy atom. The molecule has 0 unspecified atom stereocenters. The maximum absolute atomic E-state index is 13.5. The van der Waals surface area contributed by atoms with Crippen molar-refractivity contribution in [2.45, 2.75) is 25.8 Å². The largest absolute Gasteiger partial charge is 0.369 e. The van der Waals surface area contributed by atoms with E-state index in [-0.39, 0.29) is 11.7 Å². The van der Waals surface area contributed by atoms with Gasteiger partial charge in [0.25, 0.3) is 5.91 Å². The summed E-state index contributed by atoms with van der Waals surface area (Å²) in [5, 5.41) is 6.28. The van der Waals surface area contributed by atoms with Crippen LogP contribution in [0.3, 0.4) is 0 Å². The van der Waals surface area contributed by atoms with E-state index in [4.69, 9.17) is 4.98 Å². The zero-order valence-corrected chi connectivity index (χ0v) is 19.3. The van der Waals surface area contributed by atoms with Gasteiger partial charge in [0, 0.05) is 57.4 Å². The molecule has 2 aromatic heterocycles. The molecule has 3 heterocycles. The highest BCUT2D eigenvalue weighted by Crippen LogP contribution is 2.27. The number of aromatic nitrogens is 2. The minimum atomic E-state index is -0.259. The van der Waals surface area contributed by atoms with Gasteiger partial charge in [-0.15, -0.1) is 0 Å². The monoisotopic (exact) mass is 460 g/mol. The van der Waals surface area contributed by atoms with Crippen molar-refractivity contribution < 1.29 is 9.18 Å². The molecule has 8 heteroatoms. The molecule has 2 N–H and O–H groups in total. The first-order valence-electron chi connectivity index (χ1n) is 11.5. The molecule has 1 amide bonds. The molecule has 0 radical (unpaired) electrons. The van der Waals surface area contributed by atoms with Gasteiger partial charge in [0.15, 0.2) is 0 Å². The Hall–Kier alpha value is -3.81. The molecule has 0 saturated carbocycles. The smallest absolute Gasteiger partial charge is 0.255 e. The second kappa shape index (κ2) is 11.4. The van der Waals surface area contributed by atoms with Crippen molar-refractivity contribution in [3.8, 4) is 0 Å². The Bertz CT molecular complexity index is 1150. The summed E-state index contributed by atoms with van der Waals surface area (Å²) in [5.74, 6) is 0.837. The number of benzene rings is 1. The van der Waals surface area contributed by atoms with Gasteiger partial charge in [0.1, 0.15) is 17.5 Å². The molecule has 34 heavy (non-hydrogen) atoms. The third kappa shape index (κ3) is 5.95. The summed E-state index contributed by atoms with van der Waals surface area (Å²) >= 11 is 0. The summed E-state index contributed by atoms with van der Waals surface area (Å²) in [7, 11) is 1.71. The second-order valence-corrected chi connectivity index (χ2v) is 8.23. The van der Waals surface area contributed by atoms with Gasteiger partial charge in [-0.05, 0) is 54.7 Å². The van der Waals surface area contributed by atoms with Crippen LogP contribution in [0.5, 0.6) is 0 Å². The molecule has 176 valence electrons. The number of anilines is 2. The van der Waals surface area contributed by atoms with Crippen LogP contribution in [0.1, 0.15) is 39.9 Å². The average Bonchev–Trinajstić information content (AvgIpc) is 3.39. The predicted molar refractivity (Wildman–Crippen MR) is 133 cm³/mol. The third-order valence-corrected chi connectivity index (χ3v) is 5.72. The lowest BCUT2D eigenvalue weighted by Crippen LogP contribution is -2.27. The highest BCUT2D eigenvalue weighted by molar-refractivity contribution is 6.02. The molecule has 0 bridgehead atoms. The molecule has 3 aromatic rings. The summed E-state index contributed by atoms with van der Waals surface area (Å²) in [6.07, 6.45) is 7.99. The van der Waals surface area contributed by atoms with Crippen LogP contribution in [-0.4, -0.2) is 48.8 Å². The lowest BCUT2D eigenvalue weighted by atomic mass is 10.1. The van der Waals surface area contributed by atoms with Crippen LogP contribution in [0.2, 0.25) is 0 Å². The SMILES string of the molecule is CN=Cc1cc(C(=O)NCc2cccnc2)c(NCCc2cccc(F)c2)nc1N1CCCC1. The first-order chi connectivity index (χ1) is 16.6. The van der Waals surface area contributed by atoms with E-state index in [0.29, 0.717) is 30.9 Å². The van der Waals surface area contributed by atoms with Crippen molar-refractivity contribution in [2.24, 2.45) is 4.99 Å². The first kappa shape index (κ1) is 23.4. The van der Waals surface area contributed by atoms with Crippen LogP contribution in [-0.2, 0) is 13.0 Å². The molecule has 0 atom stereocenters. The van der Waals surface area contributed by atoms with Crippen LogP contribution in [0.15, 0.2) is 59.9 Å². The molecule has 0 aliphatic carbocycles. The van der Waals surface area contributed by atoms with E-state index < -0.39 is 0 Å². The van der Waals surface area contributed by atoms with Crippen molar-refractivity contribution in [2.75, 3.05) is 36.9 Å². The standard InChI is InChI=1S/C26H29FN6O/c1-28-18-21-15-23(26(34)31-17-20-7-5-10-29-16-20)24(32-25(21)33-12-2-3-13-33)30-11-9-19-6-4-8-22(27)14-19/h4-8,10,14-16,18H,2-3,9,11-13,17H2,1H3,(H,30,32)(H,31,34). The highest BCUT2D eigenvalue weighted by atomic mass is 19.1. The van der Waals surface area contributed by atoms with Crippen molar-refractivity contribution in [3.05, 3.63) is 82.9 Å². The Morgan fingerprint density at radius 3 is 2.74 bits per heavy atom. The number of aliphatic imine (C=N–C) groups is 1. The highest BCUT2D eigenvalue weighted by Gasteiger charge is 2.22. The number of hydrogen-bond donors (Lipinski definition) is 2. The van der Waals surface area contributed by atoms with E-state index in [1.165, 1.54) is 12.1 Å². The lowest BCUT2D eigenvalue weighted by Gasteiger charge is -2.22. The van der Waals surface area contributed by atoms with Gasteiger partial charge in [0.05, 0.1) is 5.56 Å². The van der Waals surface area contributed by atoms with Gasteiger partial charge < -0.3 is 15.5 Å². The van der Waals surface area contributed by atoms with E-state index >= 15 is 0 Å². The predicted octanol–water partition coefficient (Wildman–Crippen LogP) is 3.85. The summed E-state index contributed by atoms with van der Waals surface area (Å²) in [6.45, 7) is 2.72. The number of nitrogens with zero attached hydrogens (tertiary/aromatic N) is 4. The Balaban J connectivity index is 1.59. The van der Waals surface area contributed by atoms with E-state index in [1.807, 2.05) is 24.3 Å². The van der Waals surface area contributed by atoms with Gasteiger partial charge in [-0.1, -0.05) is 18.2 Å². The molecule has 1 aliphatic heterocycles. The van der Waals surface area contributed by atoms with E-state index in [9.17, 15) is 9.18 Å². The van der Waals surface area contributed by atoms with Crippen molar-refractivity contribution in [1.82, 2.24) is 15.3 Å². The van der Waals surface area contributed by atoms with Crippen LogP contribution in [0.25, 0.3) is 0 Å². The second-order valence-electron chi connectivity index (χ2n) is 8.23. The maximum Gasteiger partial charge on any atom is 0.255 e. The summed E-state index contributed by atoms with van der Waals surface area (Å²) < 4.78 is 13.5. The number of amides is 1. The van der Waals surface area contributed by atoms with Crippen molar-refractivity contribution >= 4 is 23.8 Å². The summed E-state index contributed by atoms with van der Waals surface area (Å²) in [5.41, 5.74) is 3.05. The first-order valence-corrected chi connectivity index (χ1v) is 11.5. The van der Waals surface area contributed by atoms with E-state index in [1.54, 1.807) is 31.7 Å². The molecule has 1 saturated heterocycles. The van der Waals surface area contributed by atoms with Gasteiger partial charge in [0.2, 0.25) is 0 Å². The van der Waals surface area contributed by atoms with Gasteiger partial charge in [-0.25, -0.2) is 9.37 Å². The quantitative estimate of drug-likeness (QED) is 0.474. The molecular weight excluding hydrogens is 431 g/mol. The lowest BCUT2D eigenvalue weighted by molar-refractivity contribution is 0.0951.